The number of benzene rings is 1. The molecule has 2 aromatic heterocycles. The van der Waals surface area contributed by atoms with Crippen molar-refractivity contribution < 1.29 is 9.59 Å². The van der Waals surface area contributed by atoms with E-state index in [0.717, 1.165) is 35.4 Å². The normalized spacial score (nSPS) is 14.9. The molecule has 0 fully saturated rings. The average molecular weight is 372 g/mol. The molecule has 2 heterocycles. The van der Waals surface area contributed by atoms with E-state index in [9.17, 15) is 9.59 Å². The Morgan fingerprint density at radius 2 is 1.75 bits per heavy atom. The molecule has 3 aromatic rings. The van der Waals surface area contributed by atoms with Crippen LogP contribution in [0.15, 0.2) is 67.0 Å². The molecule has 1 unspecified atom stereocenters. The van der Waals surface area contributed by atoms with Crippen molar-refractivity contribution >= 4 is 17.5 Å². The van der Waals surface area contributed by atoms with Gasteiger partial charge in [0.25, 0.3) is 0 Å². The Hall–Kier alpha value is -3.54. The van der Waals surface area contributed by atoms with Crippen LogP contribution in [0, 0.1) is 0 Å². The summed E-state index contributed by atoms with van der Waals surface area (Å²) < 4.78 is 0. The summed E-state index contributed by atoms with van der Waals surface area (Å²) in [5, 5.41) is 5.53. The first kappa shape index (κ1) is 17.9. The van der Waals surface area contributed by atoms with Crippen molar-refractivity contribution in [1.82, 2.24) is 15.3 Å². The number of nitrogens with zero attached hydrogens (tertiary/aromatic N) is 2. The number of nitrogens with one attached hydrogen (secondary N) is 2. The highest BCUT2D eigenvalue weighted by Gasteiger charge is 2.27. The molecule has 0 bridgehead atoms. The van der Waals surface area contributed by atoms with E-state index in [2.05, 4.69) is 20.6 Å². The summed E-state index contributed by atoms with van der Waals surface area (Å²) in [5.74, 6) is -1.34. The molecule has 28 heavy (non-hydrogen) atoms. The van der Waals surface area contributed by atoms with Crippen LogP contribution in [-0.2, 0) is 22.4 Å². The Kier molecular flexibility index (Phi) is 5.10. The lowest BCUT2D eigenvalue weighted by atomic mass is 10.1. The molecule has 1 aliphatic rings. The molecule has 6 heteroatoms. The Bertz CT molecular complexity index is 1000. The third-order valence-corrected chi connectivity index (χ3v) is 4.83. The minimum Gasteiger partial charge on any atom is -0.339 e. The van der Waals surface area contributed by atoms with Crippen molar-refractivity contribution in [1.29, 1.82) is 0 Å². The van der Waals surface area contributed by atoms with Gasteiger partial charge in [-0.3, -0.25) is 19.6 Å². The van der Waals surface area contributed by atoms with E-state index in [1.165, 1.54) is 0 Å². The van der Waals surface area contributed by atoms with Crippen molar-refractivity contribution in [3.8, 4) is 0 Å². The molecule has 0 spiro atoms. The molecule has 1 aliphatic carbocycles. The molecule has 6 nitrogen and oxygen atoms in total. The number of hydrogen-bond donors (Lipinski definition) is 2. The molecule has 0 saturated carbocycles. The number of pyridine rings is 2. The second-order valence-corrected chi connectivity index (χ2v) is 6.72. The Morgan fingerprint density at radius 1 is 0.929 bits per heavy atom. The molecule has 2 amide bonds. The van der Waals surface area contributed by atoms with Crippen LogP contribution in [-0.4, -0.2) is 21.8 Å². The molecular weight excluding hydrogens is 352 g/mol. The SMILES string of the molecule is O=C(Nc1ccccc1Cc1ccccn1)C(=O)NC1CCc2cccnc21. The van der Waals surface area contributed by atoms with Gasteiger partial charge < -0.3 is 10.6 Å². The van der Waals surface area contributed by atoms with E-state index in [4.69, 9.17) is 0 Å². The highest BCUT2D eigenvalue weighted by atomic mass is 16.2. The van der Waals surface area contributed by atoms with Crippen LogP contribution in [0.3, 0.4) is 0 Å². The zero-order valence-corrected chi connectivity index (χ0v) is 15.3. The summed E-state index contributed by atoms with van der Waals surface area (Å²) in [7, 11) is 0. The summed E-state index contributed by atoms with van der Waals surface area (Å²) in [4.78, 5) is 33.5. The lowest BCUT2D eigenvalue weighted by Crippen LogP contribution is -2.37. The third-order valence-electron chi connectivity index (χ3n) is 4.83. The number of hydrogen-bond acceptors (Lipinski definition) is 4. The van der Waals surface area contributed by atoms with Gasteiger partial charge in [0.1, 0.15) is 0 Å². The number of aryl methyl sites for hydroxylation is 1. The van der Waals surface area contributed by atoms with Crippen molar-refractivity contribution in [2.75, 3.05) is 5.32 Å². The lowest BCUT2D eigenvalue weighted by Gasteiger charge is -2.14. The Morgan fingerprint density at radius 3 is 2.61 bits per heavy atom. The number of amides is 2. The van der Waals surface area contributed by atoms with Gasteiger partial charge in [0.15, 0.2) is 0 Å². The molecule has 1 atom stereocenters. The van der Waals surface area contributed by atoms with Crippen LogP contribution in [0.25, 0.3) is 0 Å². The minimum atomic E-state index is -0.683. The van der Waals surface area contributed by atoms with Gasteiger partial charge in [-0.05, 0) is 48.2 Å². The van der Waals surface area contributed by atoms with E-state index < -0.39 is 11.8 Å². The fourth-order valence-corrected chi connectivity index (χ4v) is 3.45. The molecular formula is C22H20N4O2. The summed E-state index contributed by atoms with van der Waals surface area (Å²) in [5.41, 5.74) is 4.36. The van der Waals surface area contributed by atoms with Gasteiger partial charge in [-0.2, -0.15) is 0 Å². The molecule has 1 aromatic carbocycles. The van der Waals surface area contributed by atoms with Gasteiger partial charge >= 0.3 is 11.8 Å². The fraction of sp³-hybridized carbons (Fsp3) is 0.182. The number of carbonyl (C=O) groups is 2. The maximum Gasteiger partial charge on any atom is 0.313 e. The van der Waals surface area contributed by atoms with Crippen molar-refractivity contribution in [3.05, 3.63) is 89.5 Å². The number of aromatic nitrogens is 2. The van der Waals surface area contributed by atoms with Crippen LogP contribution in [0.5, 0.6) is 0 Å². The molecule has 4 rings (SSSR count). The largest absolute Gasteiger partial charge is 0.339 e. The van der Waals surface area contributed by atoms with E-state index in [1.54, 1.807) is 18.5 Å². The first-order chi connectivity index (χ1) is 13.7. The fourth-order valence-electron chi connectivity index (χ4n) is 3.45. The maximum atomic E-state index is 12.5. The molecule has 140 valence electrons. The zero-order chi connectivity index (χ0) is 19.3. The average Bonchev–Trinajstić information content (AvgIpc) is 3.13. The van der Waals surface area contributed by atoms with E-state index in [0.29, 0.717) is 12.1 Å². The summed E-state index contributed by atoms with van der Waals surface area (Å²) in [6.45, 7) is 0. The first-order valence-electron chi connectivity index (χ1n) is 9.24. The van der Waals surface area contributed by atoms with Crippen LogP contribution in [0.4, 0.5) is 5.69 Å². The maximum absolute atomic E-state index is 12.5. The molecule has 0 radical (unpaired) electrons. The highest BCUT2D eigenvalue weighted by Crippen LogP contribution is 2.28. The van der Waals surface area contributed by atoms with Crippen molar-refractivity contribution in [3.63, 3.8) is 0 Å². The number of fused-ring (bicyclic) bond motifs is 1. The Balaban J connectivity index is 1.43. The predicted molar refractivity (Wildman–Crippen MR) is 106 cm³/mol. The van der Waals surface area contributed by atoms with Gasteiger partial charge in [-0.1, -0.05) is 30.3 Å². The molecule has 0 saturated heterocycles. The van der Waals surface area contributed by atoms with Crippen LogP contribution < -0.4 is 10.6 Å². The third kappa shape index (κ3) is 3.91. The van der Waals surface area contributed by atoms with Gasteiger partial charge in [0.2, 0.25) is 0 Å². The van der Waals surface area contributed by atoms with Crippen molar-refractivity contribution in [2.45, 2.75) is 25.3 Å². The lowest BCUT2D eigenvalue weighted by molar-refractivity contribution is -0.136. The summed E-state index contributed by atoms with van der Waals surface area (Å²) in [6.07, 6.45) is 5.61. The standard InChI is InChI=1S/C22H20N4O2/c27-21(22(28)26-19-11-10-15-7-5-13-24-20(15)19)25-18-9-2-1-6-16(18)14-17-8-3-4-12-23-17/h1-9,12-13,19H,10-11,14H2,(H,25,27)(H,26,28). The number of anilines is 1. The van der Waals surface area contributed by atoms with Crippen LogP contribution in [0.1, 0.15) is 35.0 Å². The molecule has 2 N–H and O–H groups in total. The van der Waals surface area contributed by atoms with E-state index in [-0.39, 0.29) is 6.04 Å². The highest BCUT2D eigenvalue weighted by molar-refractivity contribution is 6.39. The first-order valence-corrected chi connectivity index (χ1v) is 9.24. The van der Waals surface area contributed by atoms with Gasteiger partial charge in [0.05, 0.1) is 11.7 Å². The quantitative estimate of drug-likeness (QED) is 0.690. The predicted octanol–water partition coefficient (Wildman–Crippen LogP) is 2.81. The van der Waals surface area contributed by atoms with E-state index >= 15 is 0 Å². The summed E-state index contributed by atoms with van der Waals surface area (Å²) in [6, 6.07) is 16.8. The second-order valence-electron chi connectivity index (χ2n) is 6.72. The van der Waals surface area contributed by atoms with Gasteiger partial charge in [0, 0.05) is 30.2 Å². The number of para-hydroxylation sites is 1. The number of carbonyl (C=O) groups excluding carboxylic acids is 2. The smallest absolute Gasteiger partial charge is 0.313 e. The summed E-state index contributed by atoms with van der Waals surface area (Å²) >= 11 is 0. The molecule has 0 aliphatic heterocycles. The van der Waals surface area contributed by atoms with Crippen LogP contribution >= 0.6 is 0 Å². The van der Waals surface area contributed by atoms with Crippen molar-refractivity contribution in [2.24, 2.45) is 0 Å². The van der Waals surface area contributed by atoms with E-state index in [1.807, 2.05) is 48.5 Å². The monoisotopic (exact) mass is 372 g/mol. The topological polar surface area (TPSA) is 84.0 Å². The minimum absolute atomic E-state index is 0.224. The van der Waals surface area contributed by atoms with Crippen LogP contribution in [0.2, 0.25) is 0 Å². The second kappa shape index (κ2) is 8.00. The van der Waals surface area contributed by atoms with Gasteiger partial charge in [-0.15, -0.1) is 0 Å². The Labute approximate surface area is 163 Å². The number of rotatable bonds is 4. The zero-order valence-electron chi connectivity index (χ0n) is 15.3. The van der Waals surface area contributed by atoms with Gasteiger partial charge in [-0.25, -0.2) is 0 Å².